The highest BCUT2D eigenvalue weighted by atomic mass is 19.4. The fourth-order valence-electron chi connectivity index (χ4n) is 2.77. The molecule has 1 aromatic heterocycles. The van der Waals surface area contributed by atoms with Crippen LogP contribution in [0.2, 0.25) is 0 Å². The zero-order valence-electron chi connectivity index (χ0n) is 14.0. The van der Waals surface area contributed by atoms with Crippen molar-refractivity contribution in [2.75, 3.05) is 5.32 Å². The fraction of sp³-hybridized carbons (Fsp3) is 0.211. The monoisotopic (exact) mass is 364 g/mol. The first-order valence-electron chi connectivity index (χ1n) is 7.85. The van der Waals surface area contributed by atoms with Crippen LogP contribution in [0, 0.1) is 5.82 Å². The van der Waals surface area contributed by atoms with Gasteiger partial charge in [0.05, 0.1) is 11.0 Å². The lowest BCUT2D eigenvalue weighted by Gasteiger charge is -2.23. The van der Waals surface area contributed by atoms with Crippen molar-refractivity contribution < 1.29 is 22.4 Å². The van der Waals surface area contributed by atoms with Crippen LogP contribution in [0.5, 0.6) is 0 Å². The molecule has 0 radical (unpaired) electrons. The van der Waals surface area contributed by atoms with Crippen LogP contribution < -0.4 is 5.32 Å². The number of amides is 1. The first-order valence-corrected chi connectivity index (χ1v) is 7.85. The van der Waals surface area contributed by atoms with E-state index in [9.17, 15) is 22.4 Å². The normalized spacial score (nSPS) is 12.4. The maximum Gasteiger partial charge on any atom is 0.416 e. The number of carbonyl (C=O) groups excluding carboxylic acids is 1. The number of benzene rings is 2. The van der Waals surface area contributed by atoms with Gasteiger partial charge in [-0.2, -0.15) is 13.2 Å². The molecule has 2 aromatic carbocycles. The van der Waals surface area contributed by atoms with Crippen LogP contribution in [-0.2, 0) is 16.4 Å². The smallest absolute Gasteiger partial charge is 0.361 e. The SMILES string of the molecule is CC(C)(C(=O)Nc1ccc(C(F)(F)F)cc1)c1c[nH]c2cc(F)ccc12. The summed E-state index contributed by atoms with van der Waals surface area (Å²) in [5, 5.41) is 3.34. The summed E-state index contributed by atoms with van der Waals surface area (Å²) in [5.41, 5.74) is -0.276. The van der Waals surface area contributed by atoms with Crippen molar-refractivity contribution in [1.29, 1.82) is 0 Å². The molecule has 1 amide bonds. The number of nitrogens with one attached hydrogen (secondary N) is 2. The molecule has 0 spiro atoms. The van der Waals surface area contributed by atoms with Crippen molar-refractivity contribution >= 4 is 22.5 Å². The van der Waals surface area contributed by atoms with Crippen LogP contribution in [0.4, 0.5) is 23.2 Å². The molecule has 7 heteroatoms. The van der Waals surface area contributed by atoms with E-state index in [0.717, 1.165) is 12.1 Å². The van der Waals surface area contributed by atoms with E-state index in [1.165, 1.54) is 24.3 Å². The standard InChI is InChI=1S/C19H16F4N2O/c1-18(2,15-10-24-16-9-12(20)5-8-14(15)16)17(26)25-13-6-3-11(4-7-13)19(21,22)23/h3-10,24H,1-2H3,(H,25,26). The second kappa shape index (κ2) is 6.16. The number of hydrogen-bond acceptors (Lipinski definition) is 1. The van der Waals surface area contributed by atoms with E-state index in [4.69, 9.17) is 0 Å². The number of H-pyrrole nitrogens is 1. The van der Waals surface area contributed by atoms with Gasteiger partial charge in [0.25, 0.3) is 0 Å². The molecule has 3 nitrogen and oxygen atoms in total. The first-order chi connectivity index (χ1) is 12.1. The molecule has 0 saturated heterocycles. The molecule has 0 atom stereocenters. The quantitative estimate of drug-likeness (QED) is 0.613. The maximum absolute atomic E-state index is 13.3. The van der Waals surface area contributed by atoms with E-state index in [1.807, 2.05) is 0 Å². The lowest BCUT2D eigenvalue weighted by atomic mass is 9.83. The van der Waals surface area contributed by atoms with Crippen LogP contribution in [0.1, 0.15) is 25.0 Å². The second-order valence-corrected chi connectivity index (χ2v) is 6.55. The summed E-state index contributed by atoms with van der Waals surface area (Å²) in [5.74, 6) is -0.777. The van der Waals surface area contributed by atoms with E-state index < -0.39 is 23.0 Å². The number of aromatic nitrogens is 1. The van der Waals surface area contributed by atoms with Gasteiger partial charge in [-0.3, -0.25) is 4.79 Å². The Labute approximate surface area is 147 Å². The number of aromatic amines is 1. The Balaban J connectivity index is 1.86. The number of hydrogen-bond donors (Lipinski definition) is 2. The van der Waals surface area contributed by atoms with Gasteiger partial charge >= 0.3 is 6.18 Å². The van der Waals surface area contributed by atoms with Crippen LogP contribution in [0.3, 0.4) is 0 Å². The summed E-state index contributed by atoms with van der Waals surface area (Å²) < 4.78 is 51.2. The summed E-state index contributed by atoms with van der Waals surface area (Å²) in [7, 11) is 0. The van der Waals surface area contributed by atoms with E-state index in [1.54, 1.807) is 26.1 Å². The van der Waals surface area contributed by atoms with E-state index in [2.05, 4.69) is 10.3 Å². The molecule has 3 aromatic rings. The van der Waals surface area contributed by atoms with Gasteiger partial charge in [-0.1, -0.05) is 0 Å². The lowest BCUT2D eigenvalue weighted by Crippen LogP contribution is -2.34. The first kappa shape index (κ1) is 18.0. The molecule has 0 aliphatic rings. The minimum absolute atomic E-state index is 0.266. The molecule has 1 heterocycles. The van der Waals surface area contributed by atoms with Gasteiger partial charge in [-0.05, 0) is 61.9 Å². The number of carbonyl (C=O) groups is 1. The molecule has 0 fully saturated rings. The molecule has 26 heavy (non-hydrogen) atoms. The number of anilines is 1. The Morgan fingerprint density at radius 2 is 1.69 bits per heavy atom. The van der Waals surface area contributed by atoms with E-state index in [0.29, 0.717) is 16.5 Å². The Bertz CT molecular complexity index is 956. The highest BCUT2D eigenvalue weighted by molar-refractivity contribution is 6.01. The molecule has 3 rings (SSSR count). The van der Waals surface area contributed by atoms with Crippen LogP contribution >= 0.6 is 0 Å². The van der Waals surface area contributed by atoms with E-state index >= 15 is 0 Å². The maximum atomic E-state index is 13.3. The van der Waals surface area contributed by atoms with Crippen LogP contribution in [0.15, 0.2) is 48.7 Å². The molecular formula is C19H16F4N2O. The molecule has 0 aliphatic heterocycles. The van der Waals surface area contributed by atoms with Gasteiger partial charge in [-0.15, -0.1) is 0 Å². The highest BCUT2D eigenvalue weighted by Gasteiger charge is 2.33. The average molecular weight is 364 g/mol. The van der Waals surface area contributed by atoms with Crippen molar-refractivity contribution in [3.8, 4) is 0 Å². The van der Waals surface area contributed by atoms with Gasteiger partial charge < -0.3 is 10.3 Å². The van der Waals surface area contributed by atoms with E-state index in [-0.39, 0.29) is 11.6 Å². The molecule has 0 bridgehead atoms. The van der Waals surface area contributed by atoms with Crippen LogP contribution in [0.25, 0.3) is 10.9 Å². The Kier molecular flexibility index (Phi) is 4.26. The van der Waals surface area contributed by atoms with Gasteiger partial charge in [-0.25, -0.2) is 4.39 Å². The molecule has 0 unspecified atom stereocenters. The summed E-state index contributed by atoms with van der Waals surface area (Å²) in [6.45, 7) is 3.39. The third-order valence-electron chi connectivity index (χ3n) is 4.35. The molecule has 2 N–H and O–H groups in total. The van der Waals surface area contributed by atoms with Crippen molar-refractivity contribution in [3.63, 3.8) is 0 Å². The average Bonchev–Trinajstić information content (AvgIpc) is 2.98. The van der Waals surface area contributed by atoms with Crippen LogP contribution in [-0.4, -0.2) is 10.9 Å². The summed E-state index contributed by atoms with van der Waals surface area (Å²) >= 11 is 0. The topological polar surface area (TPSA) is 44.9 Å². The number of alkyl halides is 3. The summed E-state index contributed by atoms with van der Waals surface area (Å²) in [4.78, 5) is 15.6. The summed E-state index contributed by atoms with van der Waals surface area (Å²) in [6.07, 6.45) is -2.79. The highest BCUT2D eigenvalue weighted by Crippen LogP contribution is 2.33. The Morgan fingerprint density at radius 3 is 2.31 bits per heavy atom. The van der Waals surface area contributed by atoms with Crippen molar-refractivity contribution in [2.45, 2.75) is 25.4 Å². The minimum atomic E-state index is -4.43. The predicted octanol–water partition coefficient (Wildman–Crippen LogP) is 5.24. The second-order valence-electron chi connectivity index (χ2n) is 6.55. The molecule has 136 valence electrons. The van der Waals surface area contributed by atoms with Crippen molar-refractivity contribution in [2.24, 2.45) is 0 Å². The number of halogens is 4. The Hall–Kier alpha value is -2.83. The third kappa shape index (κ3) is 3.29. The van der Waals surface area contributed by atoms with Gasteiger partial charge in [0.1, 0.15) is 5.82 Å². The summed E-state index contributed by atoms with van der Waals surface area (Å²) in [6, 6.07) is 8.48. The van der Waals surface area contributed by atoms with Gasteiger partial charge in [0, 0.05) is 22.8 Å². The molecule has 0 aliphatic carbocycles. The van der Waals surface area contributed by atoms with Crippen molar-refractivity contribution in [3.05, 3.63) is 65.6 Å². The lowest BCUT2D eigenvalue weighted by molar-refractivity contribution is -0.137. The molecular weight excluding hydrogens is 348 g/mol. The van der Waals surface area contributed by atoms with Gasteiger partial charge in [0.15, 0.2) is 0 Å². The van der Waals surface area contributed by atoms with Gasteiger partial charge in [0.2, 0.25) is 5.91 Å². The fourth-order valence-corrected chi connectivity index (χ4v) is 2.77. The number of fused-ring (bicyclic) bond motifs is 1. The Morgan fingerprint density at radius 1 is 1.04 bits per heavy atom. The zero-order valence-corrected chi connectivity index (χ0v) is 14.0. The largest absolute Gasteiger partial charge is 0.416 e. The number of rotatable bonds is 3. The molecule has 0 saturated carbocycles. The third-order valence-corrected chi connectivity index (χ3v) is 4.35. The van der Waals surface area contributed by atoms with Crippen molar-refractivity contribution in [1.82, 2.24) is 4.98 Å². The predicted molar refractivity (Wildman–Crippen MR) is 91.4 cm³/mol. The zero-order chi connectivity index (χ0) is 19.1. The minimum Gasteiger partial charge on any atom is -0.361 e.